The number of pyridine rings is 1. The van der Waals surface area contributed by atoms with Gasteiger partial charge in [0.2, 0.25) is 0 Å². The van der Waals surface area contributed by atoms with Crippen molar-refractivity contribution in [2.75, 3.05) is 0 Å². The second-order valence-corrected chi connectivity index (χ2v) is 9.92. The lowest BCUT2D eigenvalue weighted by atomic mass is 10.0. The number of fused-ring (bicyclic) bond motifs is 1. The molecule has 0 radical (unpaired) electrons. The number of thiophene rings is 1. The molecule has 5 aromatic rings. The maximum atomic E-state index is 13.4. The molecule has 0 amide bonds. The monoisotopic (exact) mass is 460 g/mol. The number of carbonyl (C=O) groups is 1. The molecule has 0 aliphatic heterocycles. The Bertz CT molecular complexity index is 1550. The van der Waals surface area contributed by atoms with Crippen LogP contribution in [0.2, 0.25) is 0 Å². The summed E-state index contributed by atoms with van der Waals surface area (Å²) in [6.45, 7) is 0. The molecule has 3 aromatic heterocycles. The molecule has 2 aromatic carbocycles. The quantitative estimate of drug-likeness (QED) is 0.381. The molecule has 3 heterocycles. The molecule has 6 nitrogen and oxygen atoms in total. The number of rotatable bonds is 5. The van der Waals surface area contributed by atoms with Crippen LogP contribution in [0.4, 0.5) is 0 Å². The Morgan fingerprint density at radius 3 is 2.28 bits per heavy atom. The van der Waals surface area contributed by atoms with Gasteiger partial charge in [0, 0.05) is 33.8 Å². The molecule has 1 N–H and O–H groups in total. The number of aromatic carboxylic acids is 1. The van der Waals surface area contributed by atoms with Crippen molar-refractivity contribution >= 4 is 38.4 Å². The molecule has 0 fully saturated rings. The van der Waals surface area contributed by atoms with Gasteiger partial charge in [-0.05, 0) is 35.9 Å². The zero-order chi connectivity index (χ0) is 22.3. The molecule has 0 unspecified atom stereocenters. The first-order chi connectivity index (χ1) is 15.5. The van der Waals surface area contributed by atoms with Crippen LogP contribution in [0.15, 0.2) is 96.2 Å². The Hall–Kier alpha value is -3.75. The van der Waals surface area contributed by atoms with Crippen molar-refractivity contribution in [3.8, 4) is 21.6 Å². The summed E-state index contributed by atoms with van der Waals surface area (Å²) in [5.41, 5.74) is 2.40. The fourth-order valence-corrected chi connectivity index (χ4v) is 6.00. The van der Waals surface area contributed by atoms with E-state index in [0.717, 1.165) is 21.8 Å². The van der Waals surface area contributed by atoms with E-state index >= 15 is 0 Å². The Morgan fingerprint density at radius 2 is 1.59 bits per heavy atom. The number of benzene rings is 2. The second kappa shape index (κ2) is 7.74. The zero-order valence-electron chi connectivity index (χ0n) is 16.5. The zero-order valence-corrected chi connectivity index (χ0v) is 18.2. The average Bonchev–Trinajstić information content (AvgIpc) is 3.43. The summed E-state index contributed by atoms with van der Waals surface area (Å²) in [7, 11) is -3.90. The van der Waals surface area contributed by atoms with Gasteiger partial charge in [-0.25, -0.2) is 22.2 Å². The van der Waals surface area contributed by atoms with Crippen molar-refractivity contribution in [3.05, 3.63) is 96.1 Å². The third kappa shape index (κ3) is 3.30. The van der Waals surface area contributed by atoms with Gasteiger partial charge >= 0.3 is 5.97 Å². The first kappa shape index (κ1) is 20.2. The molecule has 0 aliphatic rings. The third-order valence-electron chi connectivity index (χ3n) is 5.10. The molecule has 0 saturated carbocycles. The molecule has 32 heavy (non-hydrogen) atoms. The van der Waals surface area contributed by atoms with E-state index < -0.39 is 16.0 Å². The molecule has 0 spiro atoms. The summed E-state index contributed by atoms with van der Waals surface area (Å²) in [6.07, 6.45) is 3.07. The lowest BCUT2D eigenvalue weighted by molar-refractivity contribution is 0.0702. The van der Waals surface area contributed by atoms with Crippen LogP contribution in [0.5, 0.6) is 0 Å². The van der Waals surface area contributed by atoms with Crippen LogP contribution < -0.4 is 0 Å². The van der Waals surface area contributed by atoms with Crippen LogP contribution >= 0.6 is 11.3 Å². The molecule has 8 heteroatoms. The molecule has 5 rings (SSSR count). The summed E-state index contributed by atoms with van der Waals surface area (Å²) >= 11 is 1.16. The van der Waals surface area contributed by atoms with Crippen molar-refractivity contribution in [3.63, 3.8) is 0 Å². The predicted octanol–water partition coefficient (Wildman–Crippen LogP) is 5.37. The van der Waals surface area contributed by atoms with Crippen LogP contribution in [0.3, 0.4) is 0 Å². The largest absolute Gasteiger partial charge is 0.477 e. The SMILES string of the molecule is O=C(O)c1cc(-c2cn(S(=O)(=O)c3ccccc3)c3ncccc23)c(-c2ccccc2)s1. The van der Waals surface area contributed by atoms with Gasteiger partial charge in [-0.3, -0.25) is 0 Å². The van der Waals surface area contributed by atoms with E-state index in [2.05, 4.69) is 4.98 Å². The molecule has 158 valence electrons. The van der Waals surface area contributed by atoms with Gasteiger partial charge in [-0.2, -0.15) is 0 Å². The maximum absolute atomic E-state index is 13.4. The second-order valence-electron chi connectivity index (χ2n) is 7.06. The molecular formula is C24H16N2O4S2. The van der Waals surface area contributed by atoms with Crippen molar-refractivity contribution in [1.82, 2.24) is 8.96 Å². The highest BCUT2D eigenvalue weighted by atomic mass is 32.2. The minimum Gasteiger partial charge on any atom is -0.477 e. The molecular weight excluding hydrogens is 444 g/mol. The summed E-state index contributed by atoms with van der Waals surface area (Å²) in [5, 5.41) is 10.2. The minimum atomic E-state index is -3.90. The highest BCUT2D eigenvalue weighted by molar-refractivity contribution is 7.90. The van der Waals surface area contributed by atoms with Gasteiger partial charge in [-0.15, -0.1) is 11.3 Å². The average molecular weight is 461 g/mol. The van der Waals surface area contributed by atoms with Crippen LogP contribution in [0, 0.1) is 0 Å². The molecule has 0 saturated heterocycles. The van der Waals surface area contributed by atoms with Crippen LogP contribution in [0.1, 0.15) is 9.67 Å². The normalized spacial score (nSPS) is 11.6. The van der Waals surface area contributed by atoms with E-state index in [1.54, 1.807) is 36.4 Å². The maximum Gasteiger partial charge on any atom is 0.345 e. The lowest BCUT2D eigenvalue weighted by Crippen LogP contribution is -2.12. The highest BCUT2D eigenvalue weighted by Crippen LogP contribution is 2.42. The number of hydrogen-bond acceptors (Lipinski definition) is 5. The van der Waals surface area contributed by atoms with Gasteiger partial charge in [0.15, 0.2) is 5.65 Å². The van der Waals surface area contributed by atoms with Crippen LogP contribution in [0.25, 0.3) is 32.6 Å². The van der Waals surface area contributed by atoms with Crippen LogP contribution in [-0.4, -0.2) is 28.5 Å². The fraction of sp³-hybridized carbons (Fsp3) is 0. The Labute approximate surface area is 188 Å². The van der Waals surface area contributed by atoms with Gasteiger partial charge in [0.25, 0.3) is 10.0 Å². The van der Waals surface area contributed by atoms with E-state index in [1.807, 2.05) is 30.3 Å². The van der Waals surface area contributed by atoms with Gasteiger partial charge in [-0.1, -0.05) is 48.5 Å². The van der Waals surface area contributed by atoms with E-state index in [1.165, 1.54) is 28.5 Å². The summed E-state index contributed by atoms with van der Waals surface area (Å²) in [6, 6.07) is 22.7. The Morgan fingerprint density at radius 1 is 0.906 bits per heavy atom. The van der Waals surface area contributed by atoms with E-state index in [4.69, 9.17) is 0 Å². The van der Waals surface area contributed by atoms with Crippen molar-refractivity contribution in [1.29, 1.82) is 0 Å². The number of carboxylic acids is 1. The Kier molecular flexibility index (Phi) is 4.88. The minimum absolute atomic E-state index is 0.147. The van der Waals surface area contributed by atoms with Gasteiger partial charge in [0.1, 0.15) is 4.88 Å². The molecule has 0 aliphatic carbocycles. The van der Waals surface area contributed by atoms with E-state index in [-0.39, 0.29) is 15.4 Å². The summed E-state index contributed by atoms with van der Waals surface area (Å²) in [5.74, 6) is -1.03. The van der Waals surface area contributed by atoms with Gasteiger partial charge in [0.05, 0.1) is 4.90 Å². The predicted molar refractivity (Wildman–Crippen MR) is 124 cm³/mol. The highest BCUT2D eigenvalue weighted by Gasteiger charge is 2.25. The van der Waals surface area contributed by atoms with Crippen molar-refractivity contribution < 1.29 is 18.3 Å². The lowest BCUT2D eigenvalue weighted by Gasteiger charge is -2.06. The van der Waals surface area contributed by atoms with E-state index in [0.29, 0.717) is 16.5 Å². The summed E-state index contributed by atoms with van der Waals surface area (Å²) in [4.78, 5) is 17.1. The molecule has 0 atom stereocenters. The fourth-order valence-electron chi connectivity index (χ4n) is 3.64. The first-order valence-electron chi connectivity index (χ1n) is 9.66. The van der Waals surface area contributed by atoms with Crippen LogP contribution in [-0.2, 0) is 10.0 Å². The number of hydrogen-bond donors (Lipinski definition) is 1. The number of nitrogens with zero attached hydrogens (tertiary/aromatic N) is 2. The smallest absolute Gasteiger partial charge is 0.345 e. The van der Waals surface area contributed by atoms with E-state index in [9.17, 15) is 18.3 Å². The number of aromatic nitrogens is 2. The Balaban J connectivity index is 1.80. The molecule has 0 bridgehead atoms. The number of carboxylic acid groups (broad SMARTS) is 1. The van der Waals surface area contributed by atoms with Gasteiger partial charge < -0.3 is 5.11 Å². The van der Waals surface area contributed by atoms with Crippen molar-refractivity contribution in [2.45, 2.75) is 4.90 Å². The summed E-state index contributed by atoms with van der Waals surface area (Å²) < 4.78 is 28.0. The standard InChI is InChI=1S/C24H16N2O4S2/c27-24(28)21-14-19(22(31-21)16-8-3-1-4-9-16)20-15-26(23-18(20)12-7-13-25-23)32(29,30)17-10-5-2-6-11-17/h1-15H,(H,27,28). The first-order valence-corrected chi connectivity index (χ1v) is 11.9. The topological polar surface area (TPSA) is 89.3 Å². The third-order valence-corrected chi connectivity index (χ3v) is 7.94. The van der Waals surface area contributed by atoms with Crippen molar-refractivity contribution in [2.24, 2.45) is 0 Å².